The Labute approximate surface area is 281 Å². The Morgan fingerprint density at radius 1 is 0.587 bits per heavy atom. The first-order chi connectivity index (χ1) is 21.3. The Morgan fingerprint density at radius 3 is 1.22 bits per heavy atom. The van der Waals surface area contributed by atoms with Gasteiger partial charge in [-0.1, -0.05) is 81.4 Å². The number of carbonyl (C=O) groups excluding carboxylic acids is 2. The number of carbonyl (C=O) groups is 2. The third-order valence-electron chi connectivity index (χ3n) is 17.6. The summed E-state index contributed by atoms with van der Waals surface area (Å²) in [5, 5.41) is 22.5. The highest BCUT2D eigenvalue weighted by Gasteiger charge is 2.68. The van der Waals surface area contributed by atoms with Crippen molar-refractivity contribution >= 4 is 11.6 Å². The van der Waals surface area contributed by atoms with Crippen molar-refractivity contribution in [3.05, 3.63) is 25.3 Å². The van der Waals surface area contributed by atoms with E-state index in [0.717, 1.165) is 38.5 Å². The van der Waals surface area contributed by atoms with Crippen molar-refractivity contribution < 1.29 is 19.8 Å². The van der Waals surface area contributed by atoms with E-state index >= 15 is 0 Å². The van der Waals surface area contributed by atoms with E-state index in [1.54, 1.807) is 0 Å². The second-order valence-electron chi connectivity index (χ2n) is 19.0. The number of Topliss-reactive ketones (excluding diaryl/α,β-unsaturated/α-hetero) is 2. The Morgan fingerprint density at radius 2 is 0.913 bits per heavy atom. The monoisotopic (exact) mass is 637 g/mol. The highest BCUT2D eigenvalue weighted by atomic mass is 16.3. The van der Waals surface area contributed by atoms with Gasteiger partial charge in [-0.3, -0.25) is 9.59 Å². The quantitative estimate of drug-likeness (QED) is 0.296. The topological polar surface area (TPSA) is 74.6 Å². The molecule has 0 saturated heterocycles. The molecule has 6 saturated carbocycles. The van der Waals surface area contributed by atoms with Crippen LogP contribution in [-0.4, -0.2) is 34.0 Å². The molecule has 4 unspecified atom stereocenters. The van der Waals surface area contributed by atoms with Crippen LogP contribution in [0.2, 0.25) is 0 Å². The lowest BCUT2D eigenvalue weighted by Gasteiger charge is -2.62. The van der Waals surface area contributed by atoms with Crippen molar-refractivity contribution in [3.8, 4) is 0 Å². The number of ketones is 2. The van der Waals surface area contributed by atoms with Gasteiger partial charge in [-0.05, 0) is 109 Å². The predicted octanol–water partition coefficient (Wildman–Crippen LogP) is 9.23. The summed E-state index contributed by atoms with van der Waals surface area (Å²) in [6, 6.07) is 0. The summed E-state index contributed by atoms with van der Waals surface area (Å²) in [5.74, 6) is 3.45. The highest BCUT2D eigenvalue weighted by molar-refractivity contribution is 5.86. The SMILES string of the molecule is C=C[C@]1(C)C[C@@H](C)[C@]2(C)C(C)CC[C@]3(CCC(=O)C32)[C@@H](C)[C@@H]1O.C=C[C@]1(C)C[C@@H](C)[C@]2(C)C(C)CC[C@]3(CCC(=O)C32)[C@@H](C)[C@@H]1O. The minimum absolute atomic E-state index is 0.00326. The second-order valence-corrected chi connectivity index (χ2v) is 19.0. The number of aliphatic hydroxyl groups is 2. The fourth-order valence-electron chi connectivity index (χ4n) is 13.7. The summed E-state index contributed by atoms with van der Waals surface area (Å²) in [4.78, 5) is 25.9. The van der Waals surface area contributed by atoms with Gasteiger partial charge in [-0.25, -0.2) is 0 Å². The molecular weight excluding hydrogens is 568 g/mol. The first-order valence-corrected chi connectivity index (χ1v) is 19.0. The van der Waals surface area contributed by atoms with Crippen LogP contribution < -0.4 is 0 Å². The Bertz CT molecular complexity index is 1150. The van der Waals surface area contributed by atoms with Crippen LogP contribution in [0.3, 0.4) is 0 Å². The third-order valence-corrected chi connectivity index (χ3v) is 17.6. The molecule has 16 atom stereocenters. The average molecular weight is 637 g/mol. The van der Waals surface area contributed by atoms with Crippen molar-refractivity contribution in [2.75, 3.05) is 0 Å². The van der Waals surface area contributed by atoms with Crippen molar-refractivity contribution in [1.29, 1.82) is 0 Å². The summed E-state index contributed by atoms with van der Waals surface area (Å²) in [7, 11) is 0. The smallest absolute Gasteiger partial charge is 0.137 e. The Balaban J connectivity index is 0.000000181. The summed E-state index contributed by atoms with van der Waals surface area (Å²) in [6.45, 7) is 30.9. The molecule has 0 aromatic carbocycles. The maximum Gasteiger partial charge on any atom is 0.137 e. The zero-order chi connectivity index (χ0) is 34.4. The van der Waals surface area contributed by atoms with Crippen LogP contribution in [0.5, 0.6) is 0 Å². The zero-order valence-corrected chi connectivity index (χ0v) is 31.1. The van der Waals surface area contributed by atoms with E-state index in [9.17, 15) is 19.8 Å². The molecule has 0 aliphatic heterocycles. The second kappa shape index (κ2) is 11.7. The van der Waals surface area contributed by atoms with Crippen LogP contribution >= 0.6 is 0 Å². The van der Waals surface area contributed by atoms with Crippen LogP contribution in [0.4, 0.5) is 0 Å². The standard InChI is InChI=1S/2C21H34O2/c2*1-7-19(5)12-14(3)20(6)13(2)8-10-21(15(4)18(19)23)11-9-16(22)17(20)21/h2*7,13-15,17-18,23H,1,8-12H2,2-6H3/t2*13?,14-,15+,17?,18+,19-,20+,21+/m11/s1. The van der Waals surface area contributed by atoms with Gasteiger partial charge in [0.2, 0.25) is 0 Å². The van der Waals surface area contributed by atoms with Gasteiger partial charge in [0, 0.05) is 35.5 Å². The van der Waals surface area contributed by atoms with E-state index in [1.807, 2.05) is 12.2 Å². The maximum atomic E-state index is 13.0. The minimum atomic E-state index is -0.409. The number of hydrogen-bond acceptors (Lipinski definition) is 4. The zero-order valence-electron chi connectivity index (χ0n) is 31.1. The molecule has 6 rings (SSSR count). The lowest BCUT2D eigenvalue weighted by molar-refractivity contribution is -0.173. The van der Waals surface area contributed by atoms with Crippen molar-refractivity contribution in [2.24, 2.45) is 79.8 Å². The van der Waals surface area contributed by atoms with Gasteiger partial charge in [0.05, 0.1) is 12.2 Å². The molecule has 6 aliphatic carbocycles. The van der Waals surface area contributed by atoms with E-state index in [-0.39, 0.29) is 56.2 Å². The normalized spacial score (nSPS) is 56.6. The van der Waals surface area contributed by atoms with Gasteiger partial charge in [0.15, 0.2) is 0 Å². The molecule has 6 fully saturated rings. The first kappa shape index (κ1) is 36.0. The summed E-state index contributed by atoms with van der Waals surface area (Å²) >= 11 is 0. The van der Waals surface area contributed by atoms with Crippen molar-refractivity contribution in [2.45, 2.75) is 146 Å². The minimum Gasteiger partial charge on any atom is -0.392 e. The lowest BCUT2D eigenvalue weighted by Crippen LogP contribution is -2.60. The van der Waals surface area contributed by atoms with Gasteiger partial charge in [0.25, 0.3) is 0 Å². The lowest BCUT2D eigenvalue weighted by atomic mass is 9.42. The molecule has 0 aromatic heterocycles. The summed E-state index contributed by atoms with van der Waals surface area (Å²) in [5.41, 5.74) is -0.441. The van der Waals surface area contributed by atoms with Gasteiger partial charge < -0.3 is 10.2 Å². The van der Waals surface area contributed by atoms with Crippen LogP contribution in [0, 0.1) is 79.8 Å². The third kappa shape index (κ3) is 4.64. The average Bonchev–Trinajstić information content (AvgIpc) is 3.57. The molecule has 0 radical (unpaired) electrons. The Hall–Kier alpha value is -1.26. The van der Waals surface area contributed by atoms with Crippen molar-refractivity contribution in [3.63, 3.8) is 0 Å². The van der Waals surface area contributed by atoms with E-state index < -0.39 is 12.2 Å². The molecule has 4 heteroatoms. The maximum absolute atomic E-state index is 13.0. The van der Waals surface area contributed by atoms with Crippen molar-refractivity contribution in [1.82, 2.24) is 0 Å². The molecule has 4 nitrogen and oxygen atoms in total. The summed E-state index contributed by atoms with van der Waals surface area (Å²) in [6.07, 6.45) is 12.9. The molecular formula is C42H68O4. The molecule has 0 heterocycles. The van der Waals surface area contributed by atoms with E-state index in [2.05, 4.69) is 82.4 Å². The number of hydrogen-bond donors (Lipinski definition) is 2. The molecule has 2 N–H and O–H groups in total. The Kier molecular flexibility index (Phi) is 9.14. The van der Waals surface area contributed by atoms with Gasteiger partial charge in [-0.2, -0.15) is 0 Å². The van der Waals surface area contributed by atoms with Crippen LogP contribution in [0.1, 0.15) is 133 Å². The van der Waals surface area contributed by atoms with E-state index in [4.69, 9.17) is 0 Å². The van der Waals surface area contributed by atoms with Crippen LogP contribution in [0.15, 0.2) is 25.3 Å². The summed E-state index contributed by atoms with van der Waals surface area (Å²) < 4.78 is 0. The first-order valence-electron chi connectivity index (χ1n) is 19.0. The fourth-order valence-corrected chi connectivity index (χ4v) is 13.7. The van der Waals surface area contributed by atoms with Gasteiger partial charge in [0.1, 0.15) is 11.6 Å². The number of rotatable bonds is 2. The highest BCUT2D eigenvalue weighted by Crippen LogP contribution is 2.70. The number of aliphatic hydroxyl groups excluding tert-OH is 2. The van der Waals surface area contributed by atoms with Gasteiger partial charge >= 0.3 is 0 Å². The fraction of sp³-hybridized carbons (Fsp3) is 0.857. The molecule has 4 bridgehead atoms. The largest absolute Gasteiger partial charge is 0.392 e. The predicted molar refractivity (Wildman–Crippen MR) is 188 cm³/mol. The van der Waals surface area contributed by atoms with Crippen LogP contribution in [0.25, 0.3) is 0 Å². The molecule has 46 heavy (non-hydrogen) atoms. The van der Waals surface area contributed by atoms with Gasteiger partial charge in [-0.15, -0.1) is 13.2 Å². The van der Waals surface area contributed by atoms with E-state index in [0.29, 0.717) is 48.1 Å². The molecule has 260 valence electrons. The molecule has 0 amide bonds. The molecule has 6 aliphatic rings. The van der Waals surface area contributed by atoms with E-state index in [1.165, 1.54) is 12.8 Å². The molecule has 0 aromatic rings. The van der Waals surface area contributed by atoms with Crippen LogP contribution in [-0.2, 0) is 9.59 Å². The molecule has 0 spiro atoms.